The van der Waals surface area contributed by atoms with Crippen LogP contribution in [0, 0.1) is 19.8 Å². The number of aryl methyl sites for hydroxylation is 2. The molecule has 2 aromatic rings. The van der Waals surface area contributed by atoms with Gasteiger partial charge in [0.15, 0.2) is 6.61 Å². The molecule has 1 heterocycles. The quantitative estimate of drug-likeness (QED) is 0.497. The highest BCUT2D eigenvalue weighted by atomic mass is 79.9. The topological polar surface area (TPSA) is 55.8 Å². The van der Waals surface area contributed by atoms with Crippen molar-refractivity contribution in [1.29, 1.82) is 0 Å². The van der Waals surface area contributed by atoms with Gasteiger partial charge in [-0.3, -0.25) is 0 Å². The molecule has 4 nitrogen and oxygen atoms in total. The number of rotatable bonds is 6. The highest BCUT2D eigenvalue weighted by molar-refractivity contribution is 9.10. The Morgan fingerprint density at radius 2 is 2.00 bits per heavy atom. The molecule has 2 aromatic carbocycles. The van der Waals surface area contributed by atoms with Gasteiger partial charge in [0.05, 0.1) is 16.7 Å². The highest BCUT2D eigenvalue weighted by Crippen LogP contribution is 2.49. The molecule has 1 saturated heterocycles. The van der Waals surface area contributed by atoms with Crippen molar-refractivity contribution in [2.45, 2.75) is 52.2 Å². The summed E-state index contributed by atoms with van der Waals surface area (Å²) in [7, 11) is 0. The third kappa shape index (κ3) is 4.79. The van der Waals surface area contributed by atoms with Crippen molar-refractivity contribution in [2.24, 2.45) is 5.92 Å². The first-order chi connectivity index (χ1) is 14.2. The molecule has 0 radical (unpaired) electrons. The van der Waals surface area contributed by atoms with Crippen molar-refractivity contribution in [2.75, 3.05) is 6.61 Å². The maximum absolute atomic E-state index is 11.1. The first-order valence-corrected chi connectivity index (χ1v) is 11.0. The molecule has 160 valence electrons. The molecular formula is C25H29BrO4. The Morgan fingerprint density at radius 3 is 2.63 bits per heavy atom. The summed E-state index contributed by atoms with van der Waals surface area (Å²) in [6.07, 6.45) is 0.662. The van der Waals surface area contributed by atoms with E-state index in [4.69, 9.17) is 14.6 Å². The summed E-state index contributed by atoms with van der Waals surface area (Å²) in [4.78, 5) is 11.1. The van der Waals surface area contributed by atoms with E-state index in [-0.39, 0.29) is 24.0 Å². The lowest BCUT2D eigenvalue weighted by atomic mass is 9.75. The number of para-hydroxylation sites is 1. The molecule has 0 bridgehead atoms. The minimum Gasteiger partial charge on any atom is -0.480 e. The van der Waals surface area contributed by atoms with Gasteiger partial charge in [0.25, 0.3) is 0 Å². The van der Waals surface area contributed by atoms with Crippen LogP contribution in [0.25, 0.3) is 0 Å². The molecule has 1 N–H and O–H groups in total. The molecule has 0 aromatic heterocycles. The molecule has 1 fully saturated rings. The Kier molecular flexibility index (Phi) is 7.04. The summed E-state index contributed by atoms with van der Waals surface area (Å²) >= 11 is 3.50. The molecule has 0 unspecified atom stereocenters. The molecule has 0 aliphatic carbocycles. The second kappa shape index (κ2) is 9.36. The summed E-state index contributed by atoms with van der Waals surface area (Å²) in [6.45, 7) is 12.3. The minimum absolute atomic E-state index is 0.00156. The lowest BCUT2D eigenvalue weighted by Crippen LogP contribution is -2.35. The molecule has 0 spiro atoms. The number of benzene rings is 2. The summed E-state index contributed by atoms with van der Waals surface area (Å²) in [6, 6.07) is 12.3. The zero-order valence-corrected chi connectivity index (χ0v) is 19.5. The van der Waals surface area contributed by atoms with Crippen LogP contribution >= 0.6 is 15.9 Å². The van der Waals surface area contributed by atoms with E-state index in [1.165, 1.54) is 16.7 Å². The van der Waals surface area contributed by atoms with Gasteiger partial charge in [-0.1, -0.05) is 48.0 Å². The van der Waals surface area contributed by atoms with Crippen LogP contribution in [0.4, 0.5) is 0 Å². The number of carboxylic acids is 1. The molecule has 1 aliphatic rings. The fourth-order valence-corrected chi connectivity index (χ4v) is 4.91. The fraction of sp³-hybridized carbons (Fsp3) is 0.400. The summed E-state index contributed by atoms with van der Waals surface area (Å²) in [5.41, 5.74) is 5.75. The van der Waals surface area contributed by atoms with E-state index in [1.54, 1.807) is 0 Å². The lowest BCUT2D eigenvalue weighted by molar-refractivity contribution is -0.139. The van der Waals surface area contributed by atoms with Gasteiger partial charge in [0.1, 0.15) is 5.75 Å². The van der Waals surface area contributed by atoms with Gasteiger partial charge in [-0.15, -0.1) is 0 Å². The lowest BCUT2D eigenvalue weighted by Gasteiger charge is -2.42. The third-order valence-electron chi connectivity index (χ3n) is 5.90. The summed E-state index contributed by atoms with van der Waals surface area (Å²) < 4.78 is 12.9. The van der Waals surface area contributed by atoms with Crippen LogP contribution < -0.4 is 4.74 Å². The first-order valence-electron chi connectivity index (χ1n) is 10.2. The summed E-state index contributed by atoms with van der Waals surface area (Å²) in [5, 5.41) is 9.07. The van der Waals surface area contributed by atoms with Gasteiger partial charge in [-0.05, 0) is 67.2 Å². The molecule has 0 amide bonds. The zero-order chi connectivity index (χ0) is 22.0. The van der Waals surface area contributed by atoms with E-state index in [1.807, 2.05) is 25.1 Å². The van der Waals surface area contributed by atoms with Crippen molar-refractivity contribution in [3.05, 3.63) is 75.3 Å². The Labute approximate surface area is 187 Å². The van der Waals surface area contributed by atoms with Crippen molar-refractivity contribution in [1.82, 2.24) is 0 Å². The molecule has 5 heteroatoms. The van der Waals surface area contributed by atoms with Crippen molar-refractivity contribution >= 4 is 21.9 Å². The van der Waals surface area contributed by atoms with Crippen LogP contribution in [-0.2, 0) is 9.53 Å². The normalized spacial score (nSPS) is 23.8. The van der Waals surface area contributed by atoms with Crippen molar-refractivity contribution in [3.63, 3.8) is 0 Å². The van der Waals surface area contributed by atoms with E-state index in [2.05, 4.69) is 61.5 Å². The van der Waals surface area contributed by atoms with Gasteiger partial charge in [-0.2, -0.15) is 0 Å². The number of carbonyl (C=O) groups is 1. The van der Waals surface area contributed by atoms with Gasteiger partial charge in [0.2, 0.25) is 0 Å². The molecule has 1 aliphatic heterocycles. The van der Waals surface area contributed by atoms with Crippen LogP contribution in [0.3, 0.4) is 0 Å². The third-order valence-corrected chi connectivity index (χ3v) is 6.53. The highest BCUT2D eigenvalue weighted by Gasteiger charge is 2.39. The average Bonchev–Trinajstić information content (AvgIpc) is 2.67. The van der Waals surface area contributed by atoms with Crippen molar-refractivity contribution < 1.29 is 19.4 Å². The standard InChI is InChI=1S/C25H29BrO4/c1-14(2)20-12-21(18-10-9-15(3)11-16(18)4)17(5)30-24(20)19-7-6-8-22(26)25(19)29-13-23(27)28/h6-11,17,20-21,24H,1,12-13H2,2-5H3,(H,27,28)/t17-,20+,21-,24+/m0/s1. The van der Waals surface area contributed by atoms with Crippen LogP contribution in [0.5, 0.6) is 5.75 Å². The predicted octanol–water partition coefficient (Wildman–Crippen LogP) is 6.36. The van der Waals surface area contributed by atoms with Crippen LogP contribution in [0.2, 0.25) is 0 Å². The second-order valence-corrected chi connectivity index (χ2v) is 9.11. The monoisotopic (exact) mass is 472 g/mol. The number of hydrogen-bond donors (Lipinski definition) is 1. The van der Waals surface area contributed by atoms with Crippen LogP contribution in [0.15, 0.2) is 53.0 Å². The zero-order valence-electron chi connectivity index (χ0n) is 17.9. The van der Waals surface area contributed by atoms with E-state index < -0.39 is 12.6 Å². The molecule has 0 saturated carbocycles. The smallest absolute Gasteiger partial charge is 0.341 e. The predicted molar refractivity (Wildman–Crippen MR) is 122 cm³/mol. The fourth-order valence-electron chi connectivity index (χ4n) is 4.42. The number of aliphatic carboxylic acids is 1. The Balaban J connectivity index is 1.97. The SMILES string of the molecule is C=C(C)[C@H]1C[C@H](c2ccc(C)cc2C)[C@H](C)O[C@@H]1c1cccc(Br)c1OCC(=O)O. The number of ether oxygens (including phenoxy) is 2. The van der Waals surface area contributed by atoms with Gasteiger partial charge >= 0.3 is 5.97 Å². The largest absolute Gasteiger partial charge is 0.480 e. The second-order valence-electron chi connectivity index (χ2n) is 8.26. The molecular weight excluding hydrogens is 444 g/mol. The van der Waals surface area contributed by atoms with Gasteiger partial charge in [0, 0.05) is 17.4 Å². The molecule has 4 atom stereocenters. The Morgan fingerprint density at radius 1 is 1.27 bits per heavy atom. The average molecular weight is 473 g/mol. The van der Waals surface area contributed by atoms with E-state index in [9.17, 15) is 4.79 Å². The van der Waals surface area contributed by atoms with Crippen LogP contribution in [0.1, 0.15) is 54.5 Å². The van der Waals surface area contributed by atoms with Gasteiger partial charge < -0.3 is 14.6 Å². The summed E-state index contributed by atoms with van der Waals surface area (Å²) in [5.74, 6) is -0.137. The van der Waals surface area contributed by atoms with Crippen molar-refractivity contribution in [3.8, 4) is 5.75 Å². The first kappa shape index (κ1) is 22.6. The van der Waals surface area contributed by atoms with Gasteiger partial charge in [-0.25, -0.2) is 4.79 Å². The molecule has 30 heavy (non-hydrogen) atoms. The van der Waals surface area contributed by atoms with Crippen LogP contribution in [-0.4, -0.2) is 23.8 Å². The number of hydrogen-bond acceptors (Lipinski definition) is 3. The Bertz CT molecular complexity index is 952. The van der Waals surface area contributed by atoms with E-state index in [0.717, 1.165) is 22.0 Å². The van der Waals surface area contributed by atoms with E-state index in [0.29, 0.717) is 5.75 Å². The number of carboxylic acid groups (broad SMARTS) is 1. The number of halogens is 1. The maximum Gasteiger partial charge on any atom is 0.341 e. The van der Waals surface area contributed by atoms with E-state index >= 15 is 0 Å². The minimum atomic E-state index is -1.01. The maximum atomic E-state index is 11.1. The Hall–Kier alpha value is -2.11. The molecule has 3 rings (SSSR count).